The van der Waals surface area contributed by atoms with Gasteiger partial charge in [-0.3, -0.25) is 4.79 Å². The molecule has 1 amide bonds. The monoisotopic (exact) mass is 260 g/mol. The van der Waals surface area contributed by atoms with Crippen molar-refractivity contribution in [2.24, 2.45) is 5.73 Å². The van der Waals surface area contributed by atoms with E-state index in [9.17, 15) is 18.0 Å². The molecule has 1 aliphatic carbocycles. The molecule has 0 atom stereocenters. The Bertz CT molecular complexity index is 239. The molecule has 1 fully saturated rings. The molecule has 1 aliphatic rings. The lowest BCUT2D eigenvalue weighted by Gasteiger charge is -2.22. The number of nitrogens with two attached hydrogens (primary N) is 1. The third-order valence-corrected chi connectivity index (χ3v) is 2.64. The number of halogens is 4. The van der Waals surface area contributed by atoms with Crippen molar-refractivity contribution in [2.45, 2.75) is 43.8 Å². The summed E-state index contributed by atoms with van der Waals surface area (Å²) in [5.74, 6) is -0.454. The number of carbonyl (C=O) groups is 1. The lowest BCUT2D eigenvalue weighted by Crippen LogP contribution is -2.52. The molecule has 0 aliphatic heterocycles. The molecular weight excluding hydrogens is 245 g/mol. The molecule has 3 N–H and O–H groups in total. The summed E-state index contributed by atoms with van der Waals surface area (Å²) in [4.78, 5) is 11.4. The first kappa shape index (κ1) is 15.5. The summed E-state index contributed by atoms with van der Waals surface area (Å²) in [6, 6.07) is 0. The zero-order valence-corrected chi connectivity index (χ0v) is 9.59. The Labute approximate surface area is 98.4 Å². The molecule has 0 spiro atoms. The molecule has 0 aromatic heterocycles. The fraction of sp³-hybridized carbons (Fsp3) is 0.889. The minimum Gasteiger partial charge on any atom is -0.354 e. The smallest absolute Gasteiger partial charge is 0.354 e. The van der Waals surface area contributed by atoms with Crippen LogP contribution in [0.25, 0.3) is 0 Å². The van der Waals surface area contributed by atoms with Gasteiger partial charge in [-0.25, -0.2) is 0 Å². The number of hydrogen-bond acceptors (Lipinski definition) is 2. The predicted molar refractivity (Wildman–Crippen MR) is 56.3 cm³/mol. The van der Waals surface area contributed by atoms with Gasteiger partial charge in [-0.15, -0.1) is 12.4 Å². The lowest BCUT2D eigenvalue weighted by atomic mass is 9.98. The average Bonchev–Trinajstić information content (AvgIpc) is 2.51. The molecule has 0 bridgehead atoms. The maximum absolute atomic E-state index is 11.8. The Hall–Kier alpha value is -0.490. The summed E-state index contributed by atoms with van der Waals surface area (Å²) >= 11 is 0. The van der Waals surface area contributed by atoms with Crippen molar-refractivity contribution in [2.75, 3.05) is 6.54 Å². The van der Waals surface area contributed by atoms with Crippen LogP contribution >= 0.6 is 12.4 Å². The highest BCUT2D eigenvalue weighted by atomic mass is 35.5. The first-order valence-electron chi connectivity index (χ1n) is 4.97. The second-order valence-corrected chi connectivity index (χ2v) is 3.98. The molecule has 0 saturated heterocycles. The van der Waals surface area contributed by atoms with Crippen LogP contribution in [0.2, 0.25) is 0 Å². The van der Waals surface area contributed by atoms with Crippen LogP contribution in [-0.2, 0) is 4.79 Å². The highest BCUT2D eigenvalue weighted by molar-refractivity contribution is 5.86. The van der Waals surface area contributed by atoms with Crippen molar-refractivity contribution in [1.29, 1.82) is 0 Å². The quantitative estimate of drug-likeness (QED) is 0.812. The van der Waals surface area contributed by atoms with Gasteiger partial charge in [0.05, 0.1) is 12.0 Å². The van der Waals surface area contributed by atoms with Crippen LogP contribution in [0.5, 0.6) is 0 Å². The third-order valence-electron chi connectivity index (χ3n) is 2.64. The normalized spacial score (nSPS) is 19.0. The maximum atomic E-state index is 11.8. The second kappa shape index (κ2) is 5.72. The molecule has 16 heavy (non-hydrogen) atoms. The van der Waals surface area contributed by atoms with Crippen LogP contribution in [0.15, 0.2) is 0 Å². The highest BCUT2D eigenvalue weighted by Crippen LogP contribution is 2.27. The van der Waals surface area contributed by atoms with Crippen molar-refractivity contribution in [3.8, 4) is 0 Å². The molecule has 96 valence electrons. The van der Waals surface area contributed by atoms with Gasteiger partial charge in [-0.05, 0) is 12.8 Å². The Morgan fingerprint density at radius 1 is 1.31 bits per heavy atom. The van der Waals surface area contributed by atoms with Crippen LogP contribution in [0.3, 0.4) is 0 Å². The number of rotatable bonds is 3. The van der Waals surface area contributed by atoms with Gasteiger partial charge in [0.1, 0.15) is 0 Å². The second-order valence-electron chi connectivity index (χ2n) is 3.98. The van der Waals surface area contributed by atoms with Gasteiger partial charge in [0, 0.05) is 6.54 Å². The summed E-state index contributed by atoms with van der Waals surface area (Å²) in [6.45, 7) is -0.388. The van der Waals surface area contributed by atoms with E-state index in [2.05, 4.69) is 5.32 Å². The SMILES string of the molecule is Cl.NC1(C(=O)NCCC(F)(F)F)CCCC1. The van der Waals surface area contributed by atoms with Crippen LogP contribution in [0.4, 0.5) is 13.2 Å². The molecular formula is C9H16ClF3N2O. The molecule has 1 rings (SSSR count). The van der Waals surface area contributed by atoms with Crippen molar-refractivity contribution in [3.63, 3.8) is 0 Å². The van der Waals surface area contributed by atoms with Crippen molar-refractivity contribution in [3.05, 3.63) is 0 Å². The van der Waals surface area contributed by atoms with E-state index in [4.69, 9.17) is 5.73 Å². The van der Waals surface area contributed by atoms with Gasteiger partial charge in [0.25, 0.3) is 0 Å². The average molecular weight is 261 g/mol. The molecule has 7 heteroatoms. The Balaban J connectivity index is 0.00000225. The van der Waals surface area contributed by atoms with Crippen LogP contribution in [0.1, 0.15) is 32.1 Å². The Morgan fingerprint density at radius 2 is 1.81 bits per heavy atom. The Morgan fingerprint density at radius 3 is 2.25 bits per heavy atom. The van der Waals surface area contributed by atoms with E-state index >= 15 is 0 Å². The number of alkyl halides is 3. The van der Waals surface area contributed by atoms with Gasteiger partial charge in [0.2, 0.25) is 5.91 Å². The molecule has 0 aromatic carbocycles. The van der Waals surface area contributed by atoms with E-state index in [1.54, 1.807) is 0 Å². The van der Waals surface area contributed by atoms with Gasteiger partial charge in [-0.1, -0.05) is 12.8 Å². The van der Waals surface area contributed by atoms with E-state index in [1.165, 1.54) is 0 Å². The third kappa shape index (κ3) is 4.57. The number of nitrogens with one attached hydrogen (secondary N) is 1. The van der Waals surface area contributed by atoms with Crippen LogP contribution in [-0.4, -0.2) is 24.2 Å². The number of carbonyl (C=O) groups excluding carboxylic acids is 1. The molecule has 3 nitrogen and oxygen atoms in total. The van der Waals surface area contributed by atoms with Gasteiger partial charge in [0.15, 0.2) is 0 Å². The summed E-state index contributed by atoms with van der Waals surface area (Å²) in [5.41, 5.74) is 4.82. The molecule has 0 aromatic rings. The van der Waals surface area contributed by atoms with E-state index in [-0.39, 0.29) is 19.0 Å². The standard InChI is InChI=1S/C9H15F3N2O.ClH/c10-9(11,12)5-6-14-7(15)8(13)3-1-2-4-8;/h1-6,13H2,(H,14,15);1H. The fourth-order valence-corrected chi connectivity index (χ4v) is 1.73. The van der Waals surface area contributed by atoms with Crippen molar-refractivity contribution >= 4 is 18.3 Å². The molecule has 0 heterocycles. The van der Waals surface area contributed by atoms with Crippen molar-refractivity contribution in [1.82, 2.24) is 5.32 Å². The summed E-state index contributed by atoms with van der Waals surface area (Å²) in [7, 11) is 0. The number of amides is 1. The minimum atomic E-state index is -4.23. The Kier molecular flexibility index (Phi) is 5.55. The minimum absolute atomic E-state index is 0. The van der Waals surface area contributed by atoms with Crippen LogP contribution in [0, 0.1) is 0 Å². The van der Waals surface area contributed by atoms with E-state index in [0.29, 0.717) is 12.8 Å². The van der Waals surface area contributed by atoms with E-state index in [1.807, 2.05) is 0 Å². The first-order valence-corrected chi connectivity index (χ1v) is 4.97. The van der Waals surface area contributed by atoms with E-state index < -0.39 is 24.0 Å². The molecule has 0 unspecified atom stereocenters. The topological polar surface area (TPSA) is 55.1 Å². The summed E-state index contributed by atoms with van der Waals surface area (Å²) in [5, 5.41) is 2.24. The van der Waals surface area contributed by atoms with E-state index in [0.717, 1.165) is 12.8 Å². The summed E-state index contributed by atoms with van der Waals surface area (Å²) in [6.07, 6.45) is -2.39. The zero-order valence-electron chi connectivity index (χ0n) is 8.77. The number of hydrogen-bond donors (Lipinski definition) is 2. The largest absolute Gasteiger partial charge is 0.390 e. The predicted octanol–water partition coefficient (Wildman–Crippen LogP) is 1.75. The highest BCUT2D eigenvalue weighted by Gasteiger charge is 2.37. The fourth-order valence-electron chi connectivity index (χ4n) is 1.73. The van der Waals surface area contributed by atoms with Gasteiger partial charge >= 0.3 is 6.18 Å². The summed E-state index contributed by atoms with van der Waals surface area (Å²) < 4.78 is 35.4. The first-order chi connectivity index (χ1) is 6.83. The van der Waals surface area contributed by atoms with Gasteiger partial charge < -0.3 is 11.1 Å². The van der Waals surface area contributed by atoms with Gasteiger partial charge in [-0.2, -0.15) is 13.2 Å². The maximum Gasteiger partial charge on any atom is 0.390 e. The molecule has 0 radical (unpaired) electrons. The molecule has 1 saturated carbocycles. The zero-order chi connectivity index (χ0) is 11.5. The van der Waals surface area contributed by atoms with Crippen LogP contribution < -0.4 is 11.1 Å². The lowest BCUT2D eigenvalue weighted by molar-refractivity contribution is -0.137. The van der Waals surface area contributed by atoms with Crippen molar-refractivity contribution < 1.29 is 18.0 Å².